The van der Waals surface area contributed by atoms with Crippen molar-refractivity contribution in [2.24, 2.45) is 4.99 Å². The molecule has 0 aliphatic rings. The fraction of sp³-hybridized carbons (Fsp3) is 0.450. The summed E-state index contributed by atoms with van der Waals surface area (Å²) in [5, 5.41) is 11.0. The van der Waals surface area contributed by atoms with Crippen molar-refractivity contribution in [3.63, 3.8) is 0 Å². The van der Waals surface area contributed by atoms with Gasteiger partial charge in [-0.15, -0.1) is 24.0 Å². The van der Waals surface area contributed by atoms with Crippen LogP contribution in [0.5, 0.6) is 0 Å². The van der Waals surface area contributed by atoms with Gasteiger partial charge < -0.3 is 10.6 Å². The van der Waals surface area contributed by atoms with Crippen LogP contribution in [0.25, 0.3) is 0 Å². The average molecular weight is 486 g/mol. The molecule has 0 aliphatic heterocycles. The van der Waals surface area contributed by atoms with Crippen LogP contribution in [-0.4, -0.2) is 30.5 Å². The van der Waals surface area contributed by atoms with Crippen LogP contribution in [0.1, 0.15) is 37.5 Å². The fourth-order valence-corrected chi connectivity index (χ4v) is 3.28. The Balaban J connectivity index is 0.00000338. The van der Waals surface area contributed by atoms with Crippen molar-refractivity contribution in [3.05, 3.63) is 57.8 Å². The minimum atomic E-state index is 0. The van der Waals surface area contributed by atoms with E-state index in [9.17, 15) is 0 Å². The summed E-state index contributed by atoms with van der Waals surface area (Å²) in [6.45, 7) is 12.0. The zero-order valence-electron chi connectivity index (χ0n) is 16.0. The van der Waals surface area contributed by atoms with E-state index in [1.807, 2.05) is 0 Å². The number of aliphatic imine (C=N–C) groups is 1. The number of nitrogens with zero attached hydrogens (tertiary/aromatic N) is 2. The van der Waals surface area contributed by atoms with Gasteiger partial charge in [-0.1, -0.05) is 38.1 Å². The molecule has 2 rings (SSSR count). The molecule has 4 nitrogen and oxygen atoms in total. The topological polar surface area (TPSA) is 39.7 Å². The van der Waals surface area contributed by atoms with Gasteiger partial charge in [0.2, 0.25) is 0 Å². The van der Waals surface area contributed by atoms with Crippen molar-refractivity contribution in [2.45, 2.75) is 40.4 Å². The predicted molar refractivity (Wildman–Crippen MR) is 124 cm³/mol. The Morgan fingerprint density at radius 1 is 1.04 bits per heavy atom. The van der Waals surface area contributed by atoms with E-state index < -0.39 is 0 Å². The minimum absolute atomic E-state index is 0. The second-order valence-corrected chi connectivity index (χ2v) is 6.74. The molecule has 0 fully saturated rings. The summed E-state index contributed by atoms with van der Waals surface area (Å²) in [6, 6.07) is 10.9. The lowest BCUT2D eigenvalue weighted by Gasteiger charge is -2.18. The van der Waals surface area contributed by atoms with E-state index in [0.29, 0.717) is 6.54 Å². The lowest BCUT2D eigenvalue weighted by Crippen LogP contribution is -2.36. The van der Waals surface area contributed by atoms with Crippen LogP contribution >= 0.6 is 35.3 Å². The van der Waals surface area contributed by atoms with Crippen LogP contribution in [0.15, 0.2) is 46.1 Å². The van der Waals surface area contributed by atoms with Gasteiger partial charge in [0.1, 0.15) is 0 Å². The van der Waals surface area contributed by atoms with Crippen molar-refractivity contribution in [1.82, 2.24) is 15.5 Å². The molecule has 1 heterocycles. The van der Waals surface area contributed by atoms with Gasteiger partial charge in [-0.2, -0.15) is 11.3 Å². The third-order valence-corrected chi connectivity index (χ3v) is 4.83. The molecular weight excluding hydrogens is 455 g/mol. The van der Waals surface area contributed by atoms with Gasteiger partial charge in [0, 0.05) is 19.6 Å². The van der Waals surface area contributed by atoms with Gasteiger partial charge in [0.05, 0.1) is 6.54 Å². The Morgan fingerprint density at radius 2 is 1.81 bits per heavy atom. The zero-order valence-corrected chi connectivity index (χ0v) is 19.1. The number of guanidine groups is 1. The summed E-state index contributed by atoms with van der Waals surface area (Å²) in [5.74, 6) is 0.864. The fourth-order valence-electron chi connectivity index (χ4n) is 2.62. The van der Waals surface area contributed by atoms with E-state index in [2.05, 4.69) is 82.4 Å². The molecule has 144 valence electrons. The lowest BCUT2D eigenvalue weighted by atomic mass is 10.1. The van der Waals surface area contributed by atoms with E-state index in [-0.39, 0.29) is 24.0 Å². The zero-order chi connectivity index (χ0) is 17.9. The molecule has 0 saturated carbocycles. The summed E-state index contributed by atoms with van der Waals surface area (Å²) in [7, 11) is 0. The van der Waals surface area contributed by atoms with Gasteiger partial charge in [-0.05, 0) is 53.5 Å². The third kappa shape index (κ3) is 8.05. The molecule has 0 amide bonds. The molecule has 0 spiro atoms. The Hall–Kier alpha value is -1.12. The van der Waals surface area contributed by atoms with Crippen LogP contribution in [0.4, 0.5) is 0 Å². The summed E-state index contributed by atoms with van der Waals surface area (Å²) in [5.41, 5.74) is 3.90. The molecule has 0 unspecified atom stereocenters. The molecule has 0 atom stereocenters. The normalized spacial score (nSPS) is 11.3. The van der Waals surface area contributed by atoms with E-state index in [1.54, 1.807) is 11.3 Å². The monoisotopic (exact) mass is 486 g/mol. The molecule has 26 heavy (non-hydrogen) atoms. The van der Waals surface area contributed by atoms with Crippen molar-refractivity contribution in [2.75, 3.05) is 19.6 Å². The van der Waals surface area contributed by atoms with Gasteiger partial charge in [-0.3, -0.25) is 4.90 Å². The maximum absolute atomic E-state index is 4.66. The number of halogens is 1. The molecular formula is C20H31IN4S. The highest BCUT2D eigenvalue weighted by Gasteiger charge is 2.03. The molecule has 1 aromatic carbocycles. The molecule has 0 saturated heterocycles. The van der Waals surface area contributed by atoms with Crippen molar-refractivity contribution in [3.8, 4) is 0 Å². The third-order valence-electron chi connectivity index (χ3n) is 4.10. The second kappa shape index (κ2) is 13.1. The quantitative estimate of drug-likeness (QED) is 0.312. The number of benzene rings is 1. The van der Waals surface area contributed by atoms with E-state index >= 15 is 0 Å². The highest BCUT2D eigenvalue weighted by atomic mass is 127. The molecule has 2 aromatic rings. The summed E-state index contributed by atoms with van der Waals surface area (Å²) >= 11 is 1.71. The van der Waals surface area contributed by atoms with Crippen LogP contribution < -0.4 is 10.6 Å². The first-order valence-corrected chi connectivity index (χ1v) is 10.0. The number of nitrogens with one attached hydrogen (secondary N) is 2. The Morgan fingerprint density at radius 3 is 2.46 bits per heavy atom. The average Bonchev–Trinajstić information content (AvgIpc) is 3.16. The smallest absolute Gasteiger partial charge is 0.191 e. The number of thiophene rings is 1. The van der Waals surface area contributed by atoms with E-state index in [0.717, 1.165) is 38.7 Å². The van der Waals surface area contributed by atoms with Crippen LogP contribution in [-0.2, 0) is 19.6 Å². The van der Waals surface area contributed by atoms with Crippen molar-refractivity contribution >= 4 is 41.3 Å². The Bertz CT molecular complexity index is 639. The van der Waals surface area contributed by atoms with E-state index in [4.69, 9.17) is 0 Å². The predicted octanol–water partition coefficient (Wildman–Crippen LogP) is 4.46. The van der Waals surface area contributed by atoms with Gasteiger partial charge in [0.25, 0.3) is 0 Å². The SMILES string of the molecule is CCNC(=NCc1ccsc1)NCc1cccc(CN(CC)CC)c1.I. The number of hydrogen-bond donors (Lipinski definition) is 2. The molecule has 2 N–H and O–H groups in total. The van der Waals surface area contributed by atoms with Gasteiger partial charge in [0.15, 0.2) is 5.96 Å². The highest BCUT2D eigenvalue weighted by molar-refractivity contribution is 14.0. The minimum Gasteiger partial charge on any atom is -0.357 e. The van der Waals surface area contributed by atoms with Crippen LogP contribution in [0.3, 0.4) is 0 Å². The first kappa shape index (κ1) is 22.9. The summed E-state index contributed by atoms with van der Waals surface area (Å²) in [4.78, 5) is 7.09. The molecule has 0 bridgehead atoms. The molecule has 6 heteroatoms. The largest absolute Gasteiger partial charge is 0.357 e. The van der Waals surface area contributed by atoms with Crippen LogP contribution in [0, 0.1) is 0 Å². The van der Waals surface area contributed by atoms with Crippen LogP contribution in [0.2, 0.25) is 0 Å². The van der Waals surface area contributed by atoms with E-state index in [1.165, 1.54) is 16.7 Å². The standard InChI is InChI=1S/C20H30N4S.HI/c1-4-21-20(23-14-19-10-11-25-16-19)22-13-17-8-7-9-18(12-17)15-24(5-2)6-3;/h7-12,16H,4-6,13-15H2,1-3H3,(H2,21,22,23);1H. The summed E-state index contributed by atoms with van der Waals surface area (Å²) < 4.78 is 0. The first-order chi connectivity index (χ1) is 12.2. The Labute approximate surface area is 179 Å². The van der Waals surface area contributed by atoms with Gasteiger partial charge >= 0.3 is 0 Å². The lowest BCUT2D eigenvalue weighted by molar-refractivity contribution is 0.296. The van der Waals surface area contributed by atoms with Crippen molar-refractivity contribution < 1.29 is 0 Å². The number of hydrogen-bond acceptors (Lipinski definition) is 3. The molecule has 0 aliphatic carbocycles. The Kier molecular flexibility index (Phi) is 11.6. The second-order valence-electron chi connectivity index (χ2n) is 5.96. The van der Waals surface area contributed by atoms with Gasteiger partial charge in [-0.25, -0.2) is 4.99 Å². The summed E-state index contributed by atoms with van der Waals surface area (Å²) in [6.07, 6.45) is 0. The first-order valence-electron chi connectivity index (χ1n) is 9.08. The molecule has 0 radical (unpaired) electrons. The molecule has 1 aromatic heterocycles. The van der Waals surface area contributed by atoms with Crippen molar-refractivity contribution in [1.29, 1.82) is 0 Å². The number of rotatable bonds is 9. The highest BCUT2D eigenvalue weighted by Crippen LogP contribution is 2.09. The maximum atomic E-state index is 4.66. The maximum Gasteiger partial charge on any atom is 0.191 e.